The number of nitro groups is 1. The van der Waals surface area contributed by atoms with Gasteiger partial charge in [-0.25, -0.2) is 4.98 Å². The minimum Gasteiger partial charge on any atom is -0.383 e. The maximum atomic E-state index is 10.5. The Kier molecular flexibility index (Phi) is 3.99. The summed E-state index contributed by atoms with van der Waals surface area (Å²) < 4.78 is 4.93. The molecule has 0 fully saturated rings. The molecule has 82 valence electrons. The summed E-state index contributed by atoms with van der Waals surface area (Å²) in [6, 6.07) is 2.81. The number of methoxy groups -OCH3 is 1. The lowest BCUT2D eigenvalue weighted by Gasteiger charge is -2.12. The molecule has 0 aliphatic carbocycles. The molecule has 0 amide bonds. The van der Waals surface area contributed by atoms with Gasteiger partial charge in [-0.05, 0) is 6.92 Å². The van der Waals surface area contributed by atoms with Crippen molar-refractivity contribution >= 4 is 11.5 Å². The van der Waals surface area contributed by atoms with Crippen molar-refractivity contribution in [2.75, 3.05) is 19.0 Å². The average molecular weight is 211 g/mol. The van der Waals surface area contributed by atoms with E-state index in [1.54, 1.807) is 7.11 Å². The Bertz CT molecular complexity index is 343. The molecule has 15 heavy (non-hydrogen) atoms. The fraction of sp³-hybridized carbons (Fsp3) is 0.444. The molecule has 0 aromatic carbocycles. The van der Waals surface area contributed by atoms with Gasteiger partial charge in [-0.1, -0.05) is 0 Å². The highest BCUT2D eigenvalue weighted by Gasteiger charge is 2.08. The lowest BCUT2D eigenvalue weighted by atomic mass is 10.3. The zero-order valence-corrected chi connectivity index (χ0v) is 8.64. The second-order valence-corrected chi connectivity index (χ2v) is 3.16. The van der Waals surface area contributed by atoms with Crippen molar-refractivity contribution in [1.29, 1.82) is 0 Å². The number of aromatic nitrogens is 1. The molecule has 0 bridgehead atoms. The average Bonchev–Trinajstić information content (AvgIpc) is 2.18. The van der Waals surface area contributed by atoms with Gasteiger partial charge >= 0.3 is 0 Å². The first kappa shape index (κ1) is 11.4. The standard InChI is InChI=1S/C9H13N3O3/c1-7(6-15-2)11-9-5-8(12(13)14)3-4-10-9/h3-5,7H,6H2,1-2H3,(H,10,11). The van der Waals surface area contributed by atoms with Crippen LogP contribution in [0.15, 0.2) is 18.3 Å². The van der Waals surface area contributed by atoms with E-state index in [1.165, 1.54) is 18.3 Å². The van der Waals surface area contributed by atoms with E-state index in [0.717, 1.165) is 0 Å². The minimum atomic E-state index is -0.451. The first-order valence-electron chi connectivity index (χ1n) is 4.49. The highest BCUT2D eigenvalue weighted by molar-refractivity contribution is 5.44. The Morgan fingerprint density at radius 3 is 3.07 bits per heavy atom. The molecule has 1 aromatic rings. The number of hydrogen-bond donors (Lipinski definition) is 1. The van der Waals surface area contributed by atoms with E-state index < -0.39 is 4.92 Å². The third-order valence-electron chi connectivity index (χ3n) is 1.77. The molecule has 0 radical (unpaired) electrons. The van der Waals surface area contributed by atoms with Crippen LogP contribution in [0, 0.1) is 10.1 Å². The van der Waals surface area contributed by atoms with E-state index >= 15 is 0 Å². The van der Waals surface area contributed by atoms with Gasteiger partial charge < -0.3 is 10.1 Å². The molecule has 1 heterocycles. The van der Waals surface area contributed by atoms with Crippen LogP contribution in [0.25, 0.3) is 0 Å². The second kappa shape index (κ2) is 5.26. The summed E-state index contributed by atoms with van der Waals surface area (Å²) in [6.07, 6.45) is 1.40. The highest BCUT2D eigenvalue weighted by atomic mass is 16.6. The Morgan fingerprint density at radius 1 is 1.73 bits per heavy atom. The van der Waals surface area contributed by atoms with Crippen molar-refractivity contribution in [3.05, 3.63) is 28.4 Å². The van der Waals surface area contributed by atoms with Gasteiger partial charge in [0, 0.05) is 25.4 Å². The fourth-order valence-corrected chi connectivity index (χ4v) is 1.16. The van der Waals surface area contributed by atoms with Crippen LogP contribution < -0.4 is 5.32 Å². The van der Waals surface area contributed by atoms with Crippen LogP contribution in [0.3, 0.4) is 0 Å². The largest absolute Gasteiger partial charge is 0.383 e. The molecule has 0 spiro atoms. The van der Waals surface area contributed by atoms with E-state index in [0.29, 0.717) is 12.4 Å². The number of nitrogens with zero attached hydrogens (tertiary/aromatic N) is 2. The third-order valence-corrected chi connectivity index (χ3v) is 1.77. The Morgan fingerprint density at radius 2 is 2.47 bits per heavy atom. The number of rotatable bonds is 5. The van der Waals surface area contributed by atoms with Crippen molar-refractivity contribution in [3.8, 4) is 0 Å². The summed E-state index contributed by atoms with van der Waals surface area (Å²) in [5.41, 5.74) is 0.0251. The molecule has 0 aliphatic rings. The van der Waals surface area contributed by atoms with Gasteiger partial charge in [-0.15, -0.1) is 0 Å². The van der Waals surface area contributed by atoms with Crippen LogP contribution in [0.5, 0.6) is 0 Å². The zero-order chi connectivity index (χ0) is 11.3. The lowest BCUT2D eigenvalue weighted by molar-refractivity contribution is -0.384. The van der Waals surface area contributed by atoms with Gasteiger partial charge in [-0.2, -0.15) is 0 Å². The zero-order valence-electron chi connectivity index (χ0n) is 8.64. The summed E-state index contributed by atoms with van der Waals surface area (Å²) >= 11 is 0. The summed E-state index contributed by atoms with van der Waals surface area (Å²) in [5, 5.41) is 13.5. The van der Waals surface area contributed by atoms with Gasteiger partial charge in [0.15, 0.2) is 0 Å². The molecular weight excluding hydrogens is 198 g/mol. The molecule has 1 aromatic heterocycles. The lowest BCUT2D eigenvalue weighted by Crippen LogP contribution is -2.21. The molecule has 1 unspecified atom stereocenters. The molecule has 1 N–H and O–H groups in total. The predicted octanol–water partition coefficient (Wildman–Crippen LogP) is 1.44. The van der Waals surface area contributed by atoms with Gasteiger partial charge in [0.2, 0.25) is 0 Å². The number of hydrogen-bond acceptors (Lipinski definition) is 5. The SMILES string of the molecule is COCC(C)Nc1cc([N+](=O)[O-])ccn1. The predicted molar refractivity (Wildman–Crippen MR) is 55.9 cm³/mol. The summed E-state index contributed by atoms with van der Waals surface area (Å²) in [6.45, 7) is 2.42. The first-order chi connectivity index (χ1) is 7.13. The molecule has 0 aliphatic heterocycles. The number of nitrogens with one attached hydrogen (secondary N) is 1. The number of ether oxygens (including phenoxy) is 1. The topological polar surface area (TPSA) is 77.3 Å². The highest BCUT2D eigenvalue weighted by Crippen LogP contribution is 2.14. The normalized spacial score (nSPS) is 12.1. The van der Waals surface area contributed by atoms with Gasteiger partial charge in [0.25, 0.3) is 5.69 Å². The molecule has 6 nitrogen and oxygen atoms in total. The fourth-order valence-electron chi connectivity index (χ4n) is 1.16. The van der Waals surface area contributed by atoms with Crippen LogP contribution in [0.4, 0.5) is 11.5 Å². The smallest absolute Gasteiger partial charge is 0.274 e. The minimum absolute atomic E-state index is 0.0251. The quantitative estimate of drug-likeness (QED) is 0.589. The second-order valence-electron chi connectivity index (χ2n) is 3.16. The van der Waals surface area contributed by atoms with Gasteiger partial charge in [0.1, 0.15) is 5.82 Å². The van der Waals surface area contributed by atoms with Crippen LogP contribution in [-0.2, 0) is 4.74 Å². The van der Waals surface area contributed by atoms with E-state index in [4.69, 9.17) is 4.74 Å². The Balaban J connectivity index is 2.69. The third kappa shape index (κ3) is 3.51. The summed E-state index contributed by atoms with van der Waals surface area (Å²) in [4.78, 5) is 14.0. The maximum Gasteiger partial charge on any atom is 0.274 e. The molecule has 1 rings (SSSR count). The molecule has 0 saturated heterocycles. The van der Waals surface area contributed by atoms with Crippen molar-refractivity contribution < 1.29 is 9.66 Å². The van der Waals surface area contributed by atoms with Gasteiger partial charge in [-0.3, -0.25) is 10.1 Å². The Hall–Kier alpha value is -1.69. The van der Waals surface area contributed by atoms with E-state index in [-0.39, 0.29) is 11.7 Å². The van der Waals surface area contributed by atoms with Crippen LogP contribution in [0.2, 0.25) is 0 Å². The van der Waals surface area contributed by atoms with Crippen LogP contribution in [-0.4, -0.2) is 29.7 Å². The monoisotopic (exact) mass is 211 g/mol. The van der Waals surface area contributed by atoms with E-state index in [9.17, 15) is 10.1 Å². The van der Waals surface area contributed by atoms with Crippen LogP contribution >= 0.6 is 0 Å². The first-order valence-corrected chi connectivity index (χ1v) is 4.49. The molecule has 6 heteroatoms. The Labute approximate surface area is 87.4 Å². The van der Waals surface area contributed by atoms with Crippen molar-refractivity contribution in [2.45, 2.75) is 13.0 Å². The molecular formula is C9H13N3O3. The van der Waals surface area contributed by atoms with Gasteiger partial charge in [0.05, 0.1) is 17.6 Å². The summed E-state index contributed by atoms with van der Waals surface area (Å²) in [7, 11) is 1.60. The van der Waals surface area contributed by atoms with Crippen molar-refractivity contribution in [3.63, 3.8) is 0 Å². The number of anilines is 1. The van der Waals surface area contributed by atoms with E-state index in [1.807, 2.05) is 6.92 Å². The maximum absolute atomic E-state index is 10.5. The summed E-state index contributed by atoms with van der Waals surface area (Å²) in [5.74, 6) is 0.480. The van der Waals surface area contributed by atoms with Crippen LogP contribution in [0.1, 0.15) is 6.92 Å². The van der Waals surface area contributed by atoms with Crippen molar-refractivity contribution in [2.24, 2.45) is 0 Å². The number of pyridine rings is 1. The molecule has 1 atom stereocenters. The van der Waals surface area contributed by atoms with E-state index in [2.05, 4.69) is 10.3 Å². The van der Waals surface area contributed by atoms with Crippen molar-refractivity contribution in [1.82, 2.24) is 4.98 Å². The molecule has 0 saturated carbocycles.